The van der Waals surface area contributed by atoms with Crippen molar-refractivity contribution < 1.29 is 19.3 Å². The van der Waals surface area contributed by atoms with Crippen LogP contribution in [0.25, 0.3) is 0 Å². The Kier molecular flexibility index (Phi) is 2.97. The summed E-state index contributed by atoms with van der Waals surface area (Å²) in [6.45, 7) is 1.83. The molecule has 2 heterocycles. The molecule has 1 atom stereocenters. The summed E-state index contributed by atoms with van der Waals surface area (Å²) in [4.78, 5) is 0. The lowest BCUT2D eigenvalue weighted by atomic mass is 9.98. The van der Waals surface area contributed by atoms with Crippen LogP contribution in [0.1, 0.15) is 22.8 Å². The molecule has 1 unspecified atom stereocenters. The lowest BCUT2D eigenvalue weighted by Gasteiger charge is -2.20. The van der Waals surface area contributed by atoms with Crippen LogP contribution in [-0.4, -0.2) is 24.9 Å². The molecule has 0 aliphatic carbocycles. The molecule has 0 bridgehead atoms. The van der Waals surface area contributed by atoms with E-state index in [-0.39, 0.29) is 0 Å². The fourth-order valence-corrected chi connectivity index (χ4v) is 2.80. The van der Waals surface area contributed by atoms with Gasteiger partial charge < -0.3 is 19.3 Å². The lowest BCUT2D eigenvalue weighted by molar-refractivity contribution is 0.169. The first kappa shape index (κ1) is 12.5. The summed E-state index contributed by atoms with van der Waals surface area (Å²) in [7, 11) is 0. The van der Waals surface area contributed by atoms with Crippen LogP contribution in [0.5, 0.6) is 17.2 Å². The molecule has 2 aromatic rings. The summed E-state index contributed by atoms with van der Waals surface area (Å²) in [5.74, 6) is 2.36. The average Bonchev–Trinajstić information content (AvgIpc) is 3.01. The normalized spacial score (nSPS) is 17.0. The summed E-state index contributed by atoms with van der Waals surface area (Å²) >= 11 is 0. The fraction of sp³-hybridized carbons (Fsp3) is 0.294. The van der Waals surface area contributed by atoms with Crippen LogP contribution in [0.15, 0.2) is 36.4 Å². The van der Waals surface area contributed by atoms with Gasteiger partial charge in [-0.2, -0.15) is 0 Å². The van der Waals surface area contributed by atoms with Crippen LogP contribution < -0.4 is 14.2 Å². The third-order valence-corrected chi connectivity index (χ3v) is 3.91. The monoisotopic (exact) mass is 284 g/mol. The van der Waals surface area contributed by atoms with Crippen molar-refractivity contribution in [1.82, 2.24) is 0 Å². The third-order valence-electron chi connectivity index (χ3n) is 3.91. The SMILES string of the molecule is OC(c1ccc2c(c1)CCO2)c1ccc2c(c1)OCCO2. The Hall–Kier alpha value is -2.20. The maximum absolute atomic E-state index is 10.6. The molecule has 0 spiro atoms. The van der Waals surface area contributed by atoms with E-state index >= 15 is 0 Å². The van der Waals surface area contributed by atoms with E-state index in [0.29, 0.717) is 19.0 Å². The summed E-state index contributed by atoms with van der Waals surface area (Å²) in [5, 5.41) is 10.6. The molecule has 2 aromatic carbocycles. The van der Waals surface area contributed by atoms with Crippen LogP contribution in [0, 0.1) is 0 Å². The highest BCUT2D eigenvalue weighted by Gasteiger charge is 2.19. The second-order valence-corrected chi connectivity index (χ2v) is 5.27. The molecule has 0 aromatic heterocycles. The van der Waals surface area contributed by atoms with E-state index in [1.165, 1.54) is 0 Å². The first-order valence-corrected chi connectivity index (χ1v) is 7.14. The molecule has 2 aliphatic heterocycles. The molecule has 0 saturated heterocycles. The quantitative estimate of drug-likeness (QED) is 0.920. The Labute approximate surface area is 122 Å². The summed E-state index contributed by atoms with van der Waals surface area (Å²) in [5.41, 5.74) is 2.83. The molecule has 0 radical (unpaired) electrons. The zero-order valence-electron chi connectivity index (χ0n) is 11.5. The molecule has 1 N–H and O–H groups in total. The largest absolute Gasteiger partial charge is 0.493 e. The maximum Gasteiger partial charge on any atom is 0.161 e. The van der Waals surface area contributed by atoms with Crippen molar-refractivity contribution in [3.8, 4) is 17.2 Å². The molecular formula is C17H16O4. The lowest BCUT2D eigenvalue weighted by Crippen LogP contribution is -2.15. The van der Waals surface area contributed by atoms with Gasteiger partial charge in [-0.3, -0.25) is 0 Å². The summed E-state index contributed by atoms with van der Waals surface area (Å²) in [6, 6.07) is 11.4. The second-order valence-electron chi connectivity index (χ2n) is 5.27. The van der Waals surface area contributed by atoms with Gasteiger partial charge in [-0.15, -0.1) is 0 Å². The topological polar surface area (TPSA) is 47.9 Å². The van der Waals surface area contributed by atoms with Crippen molar-refractivity contribution in [2.24, 2.45) is 0 Å². The highest BCUT2D eigenvalue weighted by molar-refractivity contribution is 5.47. The Balaban J connectivity index is 1.66. The molecule has 0 fully saturated rings. The molecule has 4 heteroatoms. The minimum atomic E-state index is -0.674. The van der Waals surface area contributed by atoms with E-state index in [1.54, 1.807) is 0 Å². The first-order valence-electron chi connectivity index (χ1n) is 7.14. The number of aliphatic hydroxyl groups excluding tert-OH is 1. The predicted octanol–water partition coefficient (Wildman–Crippen LogP) is 2.47. The Bertz CT molecular complexity index is 680. The van der Waals surface area contributed by atoms with Gasteiger partial charge in [0, 0.05) is 6.42 Å². The summed E-state index contributed by atoms with van der Waals surface area (Å²) in [6.07, 6.45) is 0.226. The minimum absolute atomic E-state index is 0.544. The van der Waals surface area contributed by atoms with Crippen molar-refractivity contribution in [2.75, 3.05) is 19.8 Å². The zero-order chi connectivity index (χ0) is 14.2. The van der Waals surface area contributed by atoms with Crippen LogP contribution in [-0.2, 0) is 6.42 Å². The molecule has 0 saturated carbocycles. The number of aliphatic hydroxyl groups is 1. The van der Waals surface area contributed by atoms with Gasteiger partial charge in [0.2, 0.25) is 0 Å². The van der Waals surface area contributed by atoms with Gasteiger partial charge in [0.15, 0.2) is 11.5 Å². The van der Waals surface area contributed by atoms with Gasteiger partial charge in [-0.25, -0.2) is 0 Å². The van der Waals surface area contributed by atoms with Gasteiger partial charge >= 0.3 is 0 Å². The second kappa shape index (κ2) is 4.97. The Morgan fingerprint density at radius 3 is 2.29 bits per heavy atom. The van der Waals surface area contributed by atoms with Crippen molar-refractivity contribution in [3.05, 3.63) is 53.1 Å². The van der Waals surface area contributed by atoms with Gasteiger partial charge in [-0.05, 0) is 41.0 Å². The zero-order valence-corrected chi connectivity index (χ0v) is 11.5. The Morgan fingerprint density at radius 1 is 0.762 bits per heavy atom. The van der Waals surface area contributed by atoms with Crippen LogP contribution in [0.4, 0.5) is 0 Å². The predicted molar refractivity (Wildman–Crippen MR) is 77.1 cm³/mol. The maximum atomic E-state index is 10.6. The van der Waals surface area contributed by atoms with Crippen molar-refractivity contribution >= 4 is 0 Å². The van der Waals surface area contributed by atoms with Crippen molar-refractivity contribution in [2.45, 2.75) is 12.5 Å². The Morgan fingerprint density at radius 2 is 1.43 bits per heavy atom. The number of ether oxygens (including phenoxy) is 3. The van der Waals surface area contributed by atoms with Crippen LogP contribution >= 0.6 is 0 Å². The number of rotatable bonds is 2. The number of hydrogen-bond acceptors (Lipinski definition) is 4. The van der Waals surface area contributed by atoms with E-state index in [1.807, 2.05) is 36.4 Å². The third kappa shape index (κ3) is 2.21. The molecule has 108 valence electrons. The molecule has 4 nitrogen and oxygen atoms in total. The van der Waals surface area contributed by atoms with E-state index in [4.69, 9.17) is 14.2 Å². The molecule has 4 rings (SSSR count). The van der Waals surface area contributed by atoms with Crippen molar-refractivity contribution in [3.63, 3.8) is 0 Å². The summed E-state index contributed by atoms with van der Waals surface area (Å²) < 4.78 is 16.6. The van der Waals surface area contributed by atoms with Crippen molar-refractivity contribution in [1.29, 1.82) is 0 Å². The number of fused-ring (bicyclic) bond motifs is 2. The van der Waals surface area contributed by atoms with Gasteiger partial charge in [0.1, 0.15) is 25.1 Å². The van der Waals surface area contributed by atoms with E-state index in [0.717, 1.165) is 41.2 Å². The highest BCUT2D eigenvalue weighted by atomic mass is 16.6. The molecular weight excluding hydrogens is 268 g/mol. The van der Waals surface area contributed by atoms with E-state index in [9.17, 15) is 5.11 Å². The average molecular weight is 284 g/mol. The molecule has 2 aliphatic rings. The standard InChI is InChI=1S/C17H16O4/c18-17(12-1-3-14-11(9-12)5-6-19-14)13-2-4-15-16(10-13)21-8-7-20-15/h1-4,9-10,17-18H,5-8H2. The fourth-order valence-electron chi connectivity index (χ4n) is 2.80. The first-order chi connectivity index (χ1) is 10.3. The minimum Gasteiger partial charge on any atom is -0.493 e. The highest BCUT2D eigenvalue weighted by Crippen LogP contribution is 2.35. The smallest absolute Gasteiger partial charge is 0.161 e. The molecule has 0 amide bonds. The van der Waals surface area contributed by atoms with Gasteiger partial charge in [0.25, 0.3) is 0 Å². The molecule has 21 heavy (non-hydrogen) atoms. The number of benzene rings is 2. The van der Waals surface area contributed by atoms with Gasteiger partial charge in [0.05, 0.1) is 6.61 Å². The number of hydrogen-bond donors (Lipinski definition) is 1. The van der Waals surface area contributed by atoms with E-state index < -0.39 is 6.10 Å². The van der Waals surface area contributed by atoms with Crippen LogP contribution in [0.3, 0.4) is 0 Å². The van der Waals surface area contributed by atoms with Crippen LogP contribution in [0.2, 0.25) is 0 Å². The van der Waals surface area contributed by atoms with Gasteiger partial charge in [-0.1, -0.05) is 12.1 Å². The van der Waals surface area contributed by atoms with E-state index in [2.05, 4.69) is 0 Å².